The van der Waals surface area contributed by atoms with E-state index in [1.165, 1.54) is 0 Å². The fourth-order valence-corrected chi connectivity index (χ4v) is 4.47. The summed E-state index contributed by atoms with van der Waals surface area (Å²) in [6.07, 6.45) is 0. The number of hydrogen-bond acceptors (Lipinski definition) is 2. The average molecular weight is 752 g/mol. The molecule has 26 heteroatoms. The summed E-state index contributed by atoms with van der Waals surface area (Å²) in [5.41, 5.74) is -16.0. The van der Waals surface area contributed by atoms with Crippen LogP contribution in [0.4, 0.5) is 96.6 Å². The van der Waals surface area contributed by atoms with Crippen LogP contribution in [0.5, 0.6) is 0 Å². The number of halogens is 22. The van der Waals surface area contributed by atoms with Gasteiger partial charge in [0.05, 0.1) is 0 Å². The summed E-state index contributed by atoms with van der Waals surface area (Å²) in [5, 5.41) is 1.30. The van der Waals surface area contributed by atoms with Crippen molar-refractivity contribution < 1.29 is 106 Å². The Balaban J connectivity index is 1.88. The highest BCUT2D eigenvalue weighted by Crippen LogP contribution is 2.71. The normalized spacial score (nSPS) is 28.5. The van der Waals surface area contributed by atoms with E-state index in [0.29, 0.717) is 34.9 Å². The predicted molar refractivity (Wildman–Crippen MR) is 107 cm³/mol. The van der Waals surface area contributed by atoms with E-state index in [2.05, 4.69) is 0 Å². The molecular formula is C22H10F22N2O2. The smallest absolute Gasteiger partial charge is 0.349 e. The summed E-state index contributed by atoms with van der Waals surface area (Å²) in [6, 6.07) is 2.01. The maximum absolute atomic E-state index is 14.8. The molecule has 274 valence electrons. The van der Waals surface area contributed by atoms with E-state index in [1.807, 2.05) is 0 Å². The molecule has 2 aliphatic carbocycles. The maximum atomic E-state index is 14.8. The molecule has 2 amide bonds. The van der Waals surface area contributed by atoms with Crippen molar-refractivity contribution in [1.82, 2.24) is 10.6 Å². The number of rotatable bonds is 6. The molecule has 0 bridgehead atoms. The number of carbonyl (C=O) groups is 2. The van der Waals surface area contributed by atoms with Gasteiger partial charge in [-0.05, 0) is 11.1 Å². The van der Waals surface area contributed by atoms with Crippen LogP contribution in [-0.2, 0) is 22.7 Å². The van der Waals surface area contributed by atoms with Gasteiger partial charge < -0.3 is 10.6 Å². The number of nitrogens with one attached hydrogen (secondary N) is 2. The van der Waals surface area contributed by atoms with Crippen molar-refractivity contribution in [2.75, 3.05) is 0 Å². The minimum atomic E-state index is -7.65. The van der Waals surface area contributed by atoms with Gasteiger partial charge in [-0.1, -0.05) is 24.3 Å². The van der Waals surface area contributed by atoms with Crippen LogP contribution in [0.2, 0.25) is 0 Å². The number of alkyl halides is 22. The first-order chi connectivity index (χ1) is 21.0. The molecule has 0 unspecified atom stereocenters. The molecule has 0 spiro atoms. The monoisotopic (exact) mass is 752 g/mol. The lowest BCUT2D eigenvalue weighted by atomic mass is 9.71. The minimum Gasteiger partial charge on any atom is -0.349 e. The van der Waals surface area contributed by atoms with E-state index < -0.39 is 107 Å². The van der Waals surface area contributed by atoms with Crippen LogP contribution in [-0.4, -0.2) is 82.4 Å². The quantitative estimate of drug-likeness (QED) is 0.318. The first-order valence-electron chi connectivity index (χ1n) is 11.8. The van der Waals surface area contributed by atoms with Crippen molar-refractivity contribution in [3.63, 3.8) is 0 Å². The maximum Gasteiger partial charge on any atom is 0.384 e. The molecule has 0 aromatic heterocycles. The molecule has 0 saturated heterocycles. The zero-order valence-electron chi connectivity index (χ0n) is 21.9. The number of carbonyl (C=O) groups excluding carboxylic acids is 2. The van der Waals surface area contributed by atoms with E-state index in [4.69, 9.17) is 0 Å². The summed E-state index contributed by atoms with van der Waals surface area (Å²) >= 11 is 0. The molecule has 4 nitrogen and oxygen atoms in total. The van der Waals surface area contributed by atoms with Gasteiger partial charge >= 0.3 is 70.6 Å². The van der Waals surface area contributed by atoms with Gasteiger partial charge in [0.15, 0.2) is 0 Å². The predicted octanol–water partition coefficient (Wildman–Crippen LogP) is 6.72. The number of benzene rings is 1. The van der Waals surface area contributed by atoms with Crippen LogP contribution in [0.25, 0.3) is 0 Å². The third kappa shape index (κ3) is 3.96. The van der Waals surface area contributed by atoms with Crippen LogP contribution in [0, 0.1) is 0 Å². The molecule has 2 N–H and O–H groups in total. The van der Waals surface area contributed by atoms with Gasteiger partial charge in [-0.15, -0.1) is 0 Å². The van der Waals surface area contributed by atoms with Gasteiger partial charge in [-0.3, -0.25) is 9.59 Å². The molecule has 48 heavy (non-hydrogen) atoms. The lowest BCUT2D eigenvalue weighted by Crippen LogP contribution is -2.86. The SMILES string of the molecule is O=C(NCc1cccc(CNC(=O)C2(F)C(F)(F)C(F)(F)C(F)(F)C(F)(F)C2(F)F)c1)C1(F)C(F)(F)C(F)(F)C(F)(F)C(F)(F)C1(F)F. The summed E-state index contributed by atoms with van der Waals surface area (Å²) < 4.78 is 304. The number of hydrogen-bond donors (Lipinski definition) is 2. The highest BCUT2D eigenvalue weighted by Gasteiger charge is 3.04. The van der Waals surface area contributed by atoms with E-state index in [-0.39, 0.29) is 0 Å². The standard InChI is InChI=1S/C22H10F22N2O2/c23-11(13(25,26)17(33,34)21(41,42)18(35,36)14(11,27)28)9(47)45-5-7-2-1-3-8(4-7)6-46-10(48)12(24)15(29,30)19(37,38)22(43,44)20(39,40)16(12,31)32/h1-4H,5-6H2,(H,45,47)(H,46,48). The Morgan fingerprint density at radius 3 is 0.833 bits per heavy atom. The third-order valence-electron chi connectivity index (χ3n) is 7.41. The molecule has 2 aliphatic rings. The summed E-state index contributed by atoms with van der Waals surface area (Å²) in [5.74, 6) is -83.8. The first kappa shape index (κ1) is 39.1. The van der Waals surface area contributed by atoms with E-state index in [1.54, 1.807) is 0 Å². The first-order valence-corrected chi connectivity index (χ1v) is 11.8. The second-order valence-corrected chi connectivity index (χ2v) is 10.2. The Bertz CT molecular complexity index is 1320. The molecule has 1 aromatic carbocycles. The molecule has 0 atom stereocenters. The molecule has 0 aliphatic heterocycles. The molecule has 3 rings (SSSR count). The zero-order valence-corrected chi connectivity index (χ0v) is 21.9. The van der Waals surface area contributed by atoms with Crippen molar-refractivity contribution in [2.24, 2.45) is 0 Å². The highest BCUT2D eigenvalue weighted by molar-refractivity contribution is 5.89. The van der Waals surface area contributed by atoms with E-state index in [9.17, 15) is 106 Å². The van der Waals surface area contributed by atoms with Crippen LogP contribution in [0.3, 0.4) is 0 Å². The van der Waals surface area contributed by atoms with Gasteiger partial charge in [0.1, 0.15) is 0 Å². The molecule has 1 aromatic rings. The molecule has 2 fully saturated rings. The Morgan fingerprint density at radius 2 is 0.604 bits per heavy atom. The number of amides is 2. The summed E-state index contributed by atoms with van der Waals surface area (Å²) in [7, 11) is 0. The van der Waals surface area contributed by atoms with E-state index in [0.717, 1.165) is 0 Å². The molecular weight excluding hydrogens is 742 g/mol. The fraction of sp³-hybridized carbons (Fsp3) is 0.636. The molecule has 0 heterocycles. The fourth-order valence-electron chi connectivity index (χ4n) is 4.47. The summed E-state index contributed by atoms with van der Waals surface area (Å²) in [6.45, 7) is -3.47. The summed E-state index contributed by atoms with van der Waals surface area (Å²) in [4.78, 5) is 23.8. The Morgan fingerprint density at radius 1 is 0.396 bits per heavy atom. The lowest BCUT2D eigenvalue weighted by Gasteiger charge is -2.51. The van der Waals surface area contributed by atoms with Crippen molar-refractivity contribution >= 4 is 11.8 Å². The zero-order chi connectivity index (χ0) is 38.0. The largest absolute Gasteiger partial charge is 0.384 e. The van der Waals surface area contributed by atoms with Gasteiger partial charge in [-0.25, -0.2) is 8.78 Å². The van der Waals surface area contributed by atoms with Gasteiger partial charge in [0.25, 0.3) is 11.8 Å². The second kappa shape index (κ2) is 10.1. The van der Waals surface area contributed by atoms with Gasteiger partial charge in [-0.2, -0.15) is 87.8 Å². The van der Waals surface area contributed by atoms with Crippen molar-refractivity contribution in [1.29, 1.82) is 0 Å². The lowest BCUT2D eigenvalue weighted by molar-refractivity contribution is -0.476. The second-order valence-electron chi connectivity index (χ2n) is 10.2. The van der Waals surface area contributed by atoms with Crippen LogP contribution >= 0.6 is 0 Å². The van der Waals surface area contributed by atoms with Crippen LogP contribution < -0.4 is 10.6 Å². The highest BCUT2D eigenvalue weighted by atomic mass is 19.4. The minimum absolute atomic E-state index is 0.305. The van der Waals surface area contributed by atoms with Crippen molar-refractivity contribution in [3.05, 3.63) is 35.4 Å². The average Bonchev–Trinajstić information content (AvgIpc) is 2.95. The molecule has 0 radical (unpaired) electrons. The van der Waals surface area contributed by atoms with Crippen molar-refractivity contribution in [3.8, 4) is 0 Å². The Hall–Kier alpha value is -3.38. The Kier molecular flexibility index (Phi) is 8.21. The topological polar surface area (TPSA) is 58.2 Å². The van der Waals surface area contributed by atoms with Gasteiger partial charge in [0, 0.05) is 13.1 Å². The van der Waals surface area contributed by atoms with Crippen molar-refractivity contribution in [2.45, 2.75) is 83.7 Å². The third-order valence-corrected chi connectivity index (χ3v) is 7.41. The van der Waals surface area contributed by atoms with Gasteiger partial charge in [0.2, 0.25) is 0 Å². The molecule has 2 saturated carbocycles. The van der Waals surface area contributed by atoms with Crippen LogP contribution in [0.1, 0.15) is 11.1 Å². The Labute approximate surface area is 248 Å². The van der Waals surface area contributed by atoms with E-state index >= 15 is 0 Å². The van der Waals surface area contributed by atoms with Crippen LogP contribution in [0.15, 0.2) is 24.3 Å².